The molecule has 0 aliphatic heterocycles. The van der Waals surface area contributed by atoms with Crippen LogP contribution in [0.1, 0.15) is 19.5 Å². The fourth-order valence-corrected chi connectivity index (χ4v) is 1.28. The fourth-order valence-electron chi connectivity index (χ4n) is 1.28. The molecular formula is C11H20N4O. The van der Waals surface area contributed by atoms with Crippen LogP contribution >= 0.6 is 0 Å². The highest BCUT2D eigenvalue weighted by molar-refractivity contribution is 5.34. The largest absolute Gasteiger partial charge is 0.392 e. The molecule has 1 unspecified atom stereocenters. The first kappa shape index (κ1) is 12.9. The molecule has 0 saturated heterocycles. The van der Waals surface area contributed by atoms with Gasteiger partial charge in [-0.15, -0.1) is 0 Å². The van der Waals surface area contributed by atoms with Crippen molar-refractivity contribution in [3.8, 4) is 0 Å². The Hall–Kier alpha value is -1.20. The van der Waals surface area contributed by atoms with E-state index in [0.29, 0.717) is 6.54 Å². The number of aliphatic hydroxyl groups excluding tert-OH is 1. The average molecular weight is 224 g/mol. The van der Waals surface area contributed by atoms with Gasteiger partial charge in [-0.05, 0) is 13.3 Å². The molecule has 1 aromatic rings. The van der Waals surface area contributed by atoms with Crippen molar-refractivity contribution in [3.63, 3.8) is 0 Å². The molecule has 0 aliphatic carbocycles. The van der Waals surface area contributed by atoms with Crippen LogP contribution in [0.25, 0.3) is 0 Å². The number of aliphatic hydroxyl groups is 1. The third kappa shape index (κ3) is 5.04. The van der Waals surface area contributed by atoms with E-state index in [2.05, 4.69) is 27.5 Å². The SMILES string of the molecule is CCc1cc(NCCNCC(C)O)ncn1. The normalized spacial score (nSPS) is 12.4. The maximum atomic E-state index is 9.03. The molecule has 1 rings (SSSR count). The Morgan fingerprint density at radius 1 is 1.38 bits per heavy atom. The smallest absolute Gasteiger partial charge is 0.129 e. The molecule has 5 nitrogen and oxygen atoms in total. The Balaban J connectivity index is 2.21. The summed E-state index contributed by atoms with van der Waals surface area (Å²) in [5.74, 6) is 0.852. The quantitative estimate of drug-likeness (QED) is 0.586. The molecule has 1 heterocycles. The lowest BCUT2D eigenvalue weighted by Gasteiger charge is -2.08. The van der Waals surface area contributed by atoms with Gasteiger partial charge in [0.25, 0.3) is 0 Å². The number of anilines is 1. The van der Waals surface area contributed by atoms with Gasteiger partial charge in [0, 0.05) is 31.4 Å². The van der Waals surface area contributed by atoms with E-state index in [1.165, 1.54) is 0 Å². The van der Waals surface area contributed by atoms with E-state index in [1.807, 2.05) is 6.07 Å². The Kier molecular flexibility index (Phi) is 5.74. The summed E-state index contributed by atoms with van der Waals surface area (Å²) in [6.07, 6.45) is 2.19. The Morgan fingerprint density at radius 2 is 2.19 bits per heavy atom. The summed E-state index contributed by atoms with van der Waals surface area (Å²) < 4.78 is 0. The first-order chi connectivity index (χ1) is 7.72. The Bertz CT molecular complexity index is 304. The molecule has 5 heteroatoms. The van der Waals surface area contributed by atoms with Crippen LogP contribution in [0.4, 0.5) is 5.82 Å². The molecule has 0 spiro atoms. The van der Waals surface area contributed by atoms with Crippen LogP contribution in [-0.4, -0.2) is 40.8 Å². The maximum absolute atomic E-state index is 9.03. The standard InChI is InChI=1S/C11H20N4O/c1-3-10-6-11(15-8-14-10)13-5-4-12-7-9(2)16/h6,8-9,12,16H,3-5,7H2,1-2H3,(H,13,14,15). The highest BCUT2D eigenvalue weighted by Gasteiger charge is 1.97. The second kappa shape index (κ2) is 7.14. The van der Waals surface area contributed by atoms with Crippen LogP contribution in [0.2, 0.25) is 0 Å². The van der Waals surface area contributed by atoms with Crippen LogP contribution in [0.5, 0.6) is 0 Å². The molecule has 16 heavy (non-hydrogen) atoms. The summed E-state index contributed by atoms with van der Waals surface area (Å²) in [5.41, 5.74) is 1.04. The predicted octanol–water partition coefficient (Wildman–Crippen LogP) is 0.421. The number of nitrogens with one attached hydrogen (secondary N) is 2. The minimum Gasteiger partial charge on any atom is -0.392 e. The van der Waals surface area contributed by atoms with Crippen molar-refractivity contribution in [2.75, 3.05) is 25.0 Å². The van der Waals surface area contributed by atoms with Gasteiger partial charge in [0.15, 0.2) is 0 Å². The summed E-state index contributed by atoms with van der Waals surface area (Å²) in [7, 11) is 0. The molecule has 0 bridgehead atoms. The van der Waals surface area contributed by atoms with E-state index >= 15 is 0 Å². The zero-order valence-corrected chi connectivity index (χ0v) is 9.90. The summed E-state index contributed by atoms with van der Waals surface area (Å²) in [4.78, 5) is 8.25. The van der Waals surface area contributed by atoms with E-state index in [-0.39, 0.29) is 6.10 Å². The lowest BCUT2D eigenvalue weighted by molar-refractivity contribution is 0.192. The molecule has 0 aliphatic rings. The van der Waals surface area contributed by atoms with Gasteiger partial charge < -0.3 is 15.7 Å². The summed E-state index contributed by atoms with van der Waals surface area (Å²) in [5, 5.41) is 15.4. The van der Waals surface area contributed by atoms with Crippen LogP contribution in [0.15, 0.2) is 12.4 Å². The topological polar surface area (TPSA) is 70.1 Å². The highest BCUT2D eigenvalue weighted by Crippen LogP contribution is 2.03. The number of rotatable bonds is 7. The molecule has 0 saturated carbocycles. The predicted molar refractivity (Wildman–Crippen MR) is 64.5 cm³/mol. The monoisotopic (exact) mass is 224 g/mol. The van der Waals surface area contributed by atoms with Gasteiger partial charge in [-0.2, -0.15) is 0 Å². The summed E-state index contributed by atoms with van der Waals surface area (Å²) in [6.45, 7) is 6.03. The molecule has 90 valence electrons. The zero-order valence-electron chi connectivity index (χ0n) is 9.90. The van der Waals surface area contributed by atoms with Gasteiger partial charge in [0.2, 0.25) is 0 Å². The summed E-state index contributed by atoms with van der Waals surface area (Å²) in [6, 6.07) is 1.95. The molecule has 0 fully saturated rings. The Morgan fingerprint density at radius 3 is 2.88 bits per heavy atom. The van der Waals surface area contributed by atoms with Crippen LogP contribution in [0, 0.1) is 0 Å². The first-order valence-electron chi connectivity index (χ1n) is 5.66. The van der Waals surface area contributed by atoms with Crippen LogP contribution in [-0.2, 0) is 6.42 Å². The van der Waals surface area contributed by atoms with Gasteiger partial charge in [-0.25, -0.2) is 9.97 Å². The molecule has 0 radical (unpaired) electrons. The first-order valence-corrected chi connectivity index (χ1v) is 5.66. The van der Waals surface area contributed by atoms with E-state index in [4.69, 9.17) is 5.11 Å². The lowest BCUT2D eigenvalue weighted by atomic mass is 10.3. The van der Waals surface area contributed by atoms with Gasteiger partial charge in [-0.1, -0.05) is 6.92 Å². The van der Waals surface area contributed by atoms with Crippen LogP contribution in [0.3, 0.4) is 0 Å². The fraction of sp³-hybridized carbons (Fsp3) is 0.636. The second-order valence-electron chi connectivity index (χ2n) is 3.73. The minimum atomic E-state index is -0.300. The molecule has 0 amide bonds. The number of nitrogens with zero attached hydrogens (tertiary/aromatic N) is 2. The van der Waals surface area contributed by atoms with Crippen molar-refractivity contribution in [1.82, 2.24) is 15.3 Å². The third-order valence-electron chi connectivity index (χ3n) is 2.13. The van der Waals surface area contributed by atoms with Gasteiger partial charge in [0.1, 0.15) is 12.1 Å². The van der Waals surface area contributed by atoms with Crippen molar-refractivity contribution in [3.05, 3.63) is 18.1 Å². The van der Waals surface area contributed by atoms with E-state index in [9.17, 15) is 0 Å². The lowest BCUT2D eigenvalue weighted by Crippen LogP contribution is -2.29. The maximum Gasteiger partial charge on any atom is 0.129 e. The zero-order chi connectivity index (χ0) is 11.8. The number of hydrogen-bond acceptors (Lipinski definition) is 5. The second-order valence-corrected chi connectivity index (χ2v) is 3.73. The molecule has 1 aromatic heterocycles. The van der Waals surface area contributed by atoms with Crippen molar-refractivity contribution >= 4 is 5.82 Å². The van der Waals surface area contributed by atoms with Crippen molar-refractivity contribution < 1.29 is 5.11 Å². The highest BCUT2D eigenvalue weighted by atomic mass is 16.3. The van der Waals surface area contributed by atoms with E-state index in [1.54, 1.807) is 13.3 Å². The van der Waals surface area contributed by atoms with Crippen molar-refractivity contribution in [2.24, 2.45) is 0 Å². The van der Waals surface area contributed by atoms with E-state index < -0.39 is 0 Å². The summed E-state index contributed by atoms with van der Waals surface area (Å²) >= 11 is 0. The number of aromatic nitrogens is 2. The number of hydrogen-bond donors (Lipinski definition) is 3. The third-order valence-corrected chi connectivity index (χ3v) is 2.13. The van der Waals surface area contributed by atoms with Crippen LogP contribution < -0.4 is 10.6 Å². The van der Waals surface area contributed by atoms with Gasteiger partial charge in [0.05, 0.1) is 6.10 Å². The molecule has 0 aromatic carbocycles. The van der Waals surface area contributed by atoms with Crippen molar-refractivity contribution in [1.29, 1.82) is 0 Å². The van der Waals surface area contributed by atoms with E-state index in [0.717, 1.165) is 31.0 Å². The van der Waals surface area contributed by atoms with Gasteiger partial charge >= 0.3 is 0 Å². The van der Waals surface area contributed by atoms with Gasteiger partial charge in [-0.3, -0.25) is 0 Å². The Labute approximate surface area is 96.3 Å². The molecular weight excluding hydrogens is 204 g/mol. The van der Waals surface area contributed by atoms with Crippen molar-refractivity contribution in [2.45, 2.75) is 26.4 Å². The average Bonchev–Trinajstić information content (AvgIpc) is 2.28. The molecule has 1 atom stereocenters. The number of aryl methyl sites for hydroxylation is 1. The molecule has 3 N–H and O–H groups in total. The minimum absolute atomic E-state index is 0.300.